The fourth-order valence-electron chi connectivity index (χ4n) is 10.9. The number of hydrogen-bond acceptors (Lipinski definition) is 6. The summed E-state index contributed by atoms with van der Waals surface area (Å²) in [4.78, 5) is 5.47. The Labute approximate surface area is 207 Å². The largest absolute Gasteiger partial charge is 0.365 e. The SMILES string of the molecule is CC1[C@@H]2CCC3C4CCC[C@@]4(C)CCC3[C@@]2(C)C(N2CCNCC2)(N2CCNCC2)CC1(O)O. The lowest BCUT2D eigenvalue weighted by molar-refractivity contribution is -0.344. The van der Waals surface area contributed by atoms with Crippen LogP contribution in [0.2, 0.25) is 0 Å². The van der Waals surface area contributed by atoms with Gasteiger partial charge in [0, 0.05) is 70.1 Å². The molecule has 0 aromatic rings. The summed E-state index contributed by atoms with van der Waals surface area (Å²) in [5.41, 5.74) is 0.339. The Balaban J connectivity index is 1.50. The average Bonchev–Trinajstić information content (AvgIpc) is 3.25. The highest BCUT2D eigenvalue weighted by atomic mass is 16.5. The predicted molar refractivity (Wildman–Crippen MR) is 135 cm³/mol. The zero-order chi connectivity index (χ0) is 23.8. The molecular weight excluding hydrogens is 424 g/mol. The van der Waals surface area contributed by atoms with E-state index in [0.29, 0.717) is 23.7 Å². The topological polar surface area (TPSA) is 71.0 Å². The van der Waals surface area contributed by atoms with E-state index in [9.17, 15) is 10.2 Å². The Morgan fingerprint density at radius 1 is 0.735 bits per heavy atom. The zero-order valence-electron chi connectivity index (χ0n) is 22.0. The van der Waals surface area contributed by atoms with Crippen LogP contribution in [-0.2, 0) is 0 Å². The molecule has 4 unspecified atom stereocenters. The van der Waals surface area contributed by atoms with E-state index >= 15 is 0 Å². The molecule has 6 fully saturated rings. The molecule has 0 bridgehead atoms. The molecular formula is C28H50N4O2. The van der Waals surface area contributed by atoms with E-state index in [2.05, 4.69) is 41.2 Å². The fraction of sp³-hybridized carbons (Fsp3) is 1.00. The van der Waals surface area contributed by atoms with E-state index in [1.54, 1.807) is 0 Å². The third-order valence-electron chi connectivity index (χ3n) is 12.6. The first-order chi connectivity index (χ1) is 16.2. The van der Waals surface area contributed by atoms with E-state index in [-0.39, 0.29) is 17.0 Å². The third kappa shape index (κ3) is 3.21. The van der Waals surface area contributed by atoms with Crippen molar-refractivity contribution in [3.8, 4) is 0 Å². The van der Waals surface area contributed by atoms with Gasteiger partial charge in [-0.25, -0.2) is 0 Å². The van der Waals surface area contributed by atoms with Crippen LogP contribution in [0.15, 0.2) is 0 Å². The van der Waals surface area contributed by atoms with Gasteiger partial charge < -0.3 is 20.8 Å². The van der Waals surface area contributed by atoms with Gasteiger partial charge in [0.15, 0.2) is 5.79 Å². The van der Waals surface area contributed by atoms with Gasteiger partial charge in [0.25, 0.3) is 0 Å². The highest BCUT2D eigenvalue weighted by Gasteiger charge is 2.72. The van der Waals surface area contributed by atoms with E-state index in [1.165, 1.54) is 38.5 Å². The first-order valence-corrected chi connectivity index (χ1v) is 14.6. The zero-order valence-corrected chi connectivity index (χ0v) is 22.0. The number of aliphatic hydroxyl groups is 2. The number of hydrogen-bond donors (Lipinski definition) is 4. The number of nitrogens with zero attached hydrogens (tertiary/aromatic N) is 2. The van der Waals surface area contributed by atoms with Gasteiger partial charge in [-0.1, -0.05) is 27.2 Å². The first kappa shape index (κ1) is 24.1. The monoisotopic (exact) mass is 474 g/mol. The Morgan fingerprint density at radius 2 is 1.35 bits per heavy atom. The molecule has 6 aliphatic rings. The van der Waals surface area contributed by atoms with Gasteiger partial charge >= 0.3 is 0 Å². The second-order valence-corrected chi connectivity index (χ2v) is 13.6. The summed E-state index contributed by atoms with van der Waals surface area (Å²) < 4.78 is 0. The summed E-state index contributed by atoms with van der Waals surface area (Å²) in [6.07, 6.45) is 9.90. The maximum absolute atomic E-state index is 11.7. The summed E-state index contributed by atoms with van der Waals surface area (Å²) in [5.74, 6) is 1.04. The van der Waals surface area contributed by atoms with Gasteiger partial charge in [0.1, 0.15) is 0 Å². The van der Waals surface area contributed by atoms with Crippen LogP contribution >= 0.6 is 0 Å². The maximum Gasteiger partial charge on any atom is 0.168 e. The van der Waals surface area contributed by atoms with Crippen LogP contribution in [0.3, 0.4) is 0 Å². The van der Waals surface area contributed by atoms with E-state index in [4.69, 9.17) is 0 Å². The molecule has 0 aromatic carbocycles. The van der Waals surface area contributed by atoms with Crippen LogP contribution < -0.4 is 10.6 Å². The second kappa shape index (κ2) is 8.39. The smallest absolute Gasteiger partial charge is 0.168 e. The van der Waals surface area contributed by atoms with Gasteiger partial charge in [-0.15, -0.1) is 0 Å². The lowest BCUT2D eigenvalue weighted by Gasteiger charge is -2.74. The third-order valence-corrected chi connectivity index (χ3v) is 12.6. The summed E-state index contributed by atoms with van der Waals surface area (Å²) in [5, 5.41) is 30.5. The summed E-state index contributed by atoms with van der Waals surface area (Å²) in [6, 6.07) is 0. The minimum Gasteiger partial charge on any atom is -0.365 e. The molecule has 4 aliphatic carbocycles. The molecule has 2 heterocycles. The summed E-state index contributed by atoms with van der Waals surface area (Å²) >= 11 is 0. The Kier molecular flexibility index (Phi) is 5.95. The van der Waals surface area contributed by atoms with Crippen LogP contribution in [0, 0.1) is 40.4 Å². The van der Waals surface area contributed by atoms with Crippen molar-refractivity contribution >= 4 is 0 Å². The van der Waals surface area contributed by atoms with Crippen LogP contribution in [-0.4, -0.2) is 83.8 Å². The van der Waals surface area contributed by atoms with Crippen LogP contribution in [0.1, 0.15) is 72.1 Å². The van der Waals surface area contributed by atoms with E-state index in [0.717, 1.165) is 70.6 Å². The van der Waals surface area contributed by atoms with E-state index in [1.807, 2.05) is 0 Å². The first-order valence-electron chi connectivity index (χ1n) is 14.6. The van der Waals surface area contributed by atoms with Crippen molar-refractivity contribution in [2.75, 3.05) is 52.4 Å². The lowest BCUT2D eigenvalue weighted by Crippen LogP contribution is -2.82. The van der Waals surface area contributed by atoms with Crippen molar-refractivity contribution < 1.29 is 10.2 Å². The molecule has 0 spiro atoms. The highest BCUT2D eigenvalue weighted by Crippen LogP contribution is 2.71. The quantitative estimate of drug-likeness (QED) is 0.461. The normalized spacial score (nSPS) is 49.1. The summed E-state index contributed by atoms with van der Waals surface area (Å²) in [7, 11) is 0. The molecule has 0 radical (unpaired) electrons. The lowest BCUT2D eigenvalue weighted by atomic mass is 9.40. The number of piperazine rings is 2. The van der Waals surface area contributed by atoms with Gasteiger partial charge in [-0.05, 0) is 67.6 Å². The Morgan fingerprint density at radius 3 is 1.97 bits per heavy atom. The summed E-state index contributed by atoms with van der Waals surface area (Å²) in [6.45, 7) is 15.4. The van der Waals surface area contributed by atoms with Gasteiger partial charge in [0.05, 0.1) is 5.66 Å². The molecule has 0 aromatic heterocycles. The van der Waals surface area contributed by atoms with Crippen LogP contribution in [0.4, 0.5) is 0 Å². The molecule has 34 heavy (non-hydrogen) atoms. The molecule has 4 N–H and O–H groups in total. The minimum absolute atomic E-state index is 0.0723. The molecule has 0 amide bonds. The van der Waals surface area contributed by atoms with Crippen molar-refractivity contribution in [2.45, 2.75) is 83.6 Å². The van der Waals surface area contributed by atoms with Crippen LogP contribution in [0.25, 0.3) is 0 Å². The van der Waals surface area contributed by atoms with Crippen LogP contribution in [0.5, 0.6) is 0 Å². The molecule has 4 saturated carbocycles. The number of rotatable bonds is 2. The average molecular weight is 475 g/mol. The molecule has 6 heteroatoms. The molecule has 7 atom stereocenters. The van der Waals surface area contributed by atoms with Crippen molar-refractivity contribution in [1.82, 2.24) is 20.4 Å². The standard InChI is InChI=1S/C28H50N4O2/c1-20-22-7-6-21-23-5-4-9-25(23,2)10-8-24(21)26(22,3)28(19-27(20,33)34,31-15-11-29-12-16-31)32-17-13-30-14-18-32/h20-24,29-30,33-34H,4-19H2,1-3H3/t20?,21?,22-,23?,24?,25-,26-/m0/s1. The molecule has 2 saturated heterocycles. The van der Waals surface area contributed by atoms with E-state index < -0.39 is 5.79 Å². The molecule has 194 valence electrons. The number of nitrogens with one attached hydrogen (secondary N) is 2. The highest BCUT2D eigenvalue weighted by molar-refractivity contribution is 5.20. The van der Waals surface area contributed by atoms with Crippen molar-refractivity contribution in [3.05, 3.63) is 0 Å². The minimum atomic E-state index is -1.61. The maximum atomic E-state index is 11.7. The Hall–Kier alpha value is -0.240. The second-order valence-electron chi connectivity index (χ2n) is 13.6. The fourth-order valence-corrected chi connectivity index (χ4v) is 10.9. The van der Waals surface area contributed by atoms with Gasteiger partial charge in [0.2, 0.25) is 0 Å². The number of fused-ring (bicyclic) bond motifs is 5. The van der Waals surface area contributed by atoms with Crippen molar-refractivity contribution in [2.24, 2.45) is 40.4 Å². The molecule has 6 nitrogen and oxygen atoms in total. The Bertz CT molecular complexity index is 746. The van der Waals surface area contributed by atoms with Gasteiger partial charge in [-0.3, -0.25) is 9.80 Å². The van der Waals surface area contributed by atoms with Crippen molar-refractivity contribution in [3.63, 3.8) is 0 Å². The van der Waals surface area contributed by atoms with Crippen molar-refractivity contribution in [1.29, 1.82) is 0 Å². The molecule has 2 aliphatic heterocycles. The molecule has 6 rings (SSSR count). The van der Waals surface area contributed by atoms with Gasteiger partial charge in [-0.2, -0.15) is 0 Å². The predicted octanol–water partition coefficient (Wildman–Crippen LogP) is 2.46.